The van der Waals surface area contributed by atoms with Crippen molar-refractivity contribution in [1.29, 1.82) is 0 Å². The number of rotatable bonds is 7. The Morgan fingerprint density at radius 2 is 1.89 bits per heavy atom. The molecule has 1 N–H and O–H groups in total. The number of likely N-dealkylation sites (N-methyl/N-ethyl adjacent to an activating group) is 1. The first-order chi connectivity index (χ1) is 8.43. The summed E-state index contributed by atoms with van der Waals surface area (Å²) < 4.78 is 5.70. The Morgan fingerprint density at radius 3 is 2.33 bits per heavy atom. The molecule has 3 atom stereocenters. The summed E-state index contributed by atoms with van der Waals surface area (Å²) in [6.45, 7) is 14.5. The molecule has 0 bridgehead atoms. The van der Waals surface area contributed by atoms with Crippen LogP contribution in [0.5, 0.6) is 0 Å². The smallest absolute Gasteiger partial charge is 0.0703 e. The van der Waals surface area contributed by atoms with Crippen LogP contribution >= 0.6 is 0 Å². The third-order valence-corrected chi connectivity index (χ3v) is 4.06. The number of hydrogen-bond acceptors (Lipinski definition) is 3. The zero-order chi connectivity index (χ0) is 13.7. The molecular formula is C15H32N2O. The highest BCUT2D eigenvalue weighted by Gasteiger charge is 2.32. The van der Waals surface area contributed by atoms with Gasteiger partial charge in [-0.25, -0.2) is 0 Å². The minimum absolute atomic E-state index is 0.376. The molecule has 0 spiro atoms. The van der Waals surface area contributed by atoms with Gasteiger partial charge in [-0.2, -0.15) is 0 Å². The lowest BCUT2D eigenvalue weighted by Gasteiger charge is -2.37. The first kappa shape index (κ1) is 15.9. The SMILES string of the molecule is CC(C)CNCC(C(C)C)N(C)C1CCOC1C. The van der Waals surface area contributed by atoms with Crippen LogP contribution in [-0.4, -0.2) is 49.8 Å². The first-order valence-corrected chi connectivity index (χ1v) is 7.47. The largest absolute Gasteiger partial charge is 0.377 e. The minimum Gasteiger partial charge on any atom is -0.377 e. The lowest BCUT2D eigenvalue weighted by Crippen LogP contribution is -2.50. The van der Waals surface area contributed by atoms with Crippen LogP contribution in [0.25, 0.3) is 0 Å². The van der Waals surface area contributed by atoms with Crippen molar-refractivity contribution in [2.75, 3.05) is 26.7 Å². The van der Waals surface area contributed by atoms with Gasteiger partial charge in [-0.15, -0.1) is 0 Å². The van der Waals surface area contributed by atoms with E-state index in [-0.39, 0.29) is 0 Å². The molecule has 0 aromatic carbocycles. The average molecular weight is 256 g/mol. The van der Waals surface area contributed by atoms with Crippen molar-refractivity contribution >= 4 is 0 Å². The summed E-state index contributed by atoms with van der Waals surface area (Å²) in [6, 6.07) is 1.18. The second kappa shape index (κ2) is 7.46. The molecular weight excluding hydrogens is 224 g/mol. The number of nitrogens with zero attached hydrogens (tertiary/aromatic N) is 1. The second-order valence-corrected chi connectivity index (χ2v) is 6.46. The van der Waals surface area contributed by atoms with Crippen LogP contribution in [0.3, 0.4) is 0 Å². The van der Waals surface area contributed by atoms with E-state index >= 15 is 0 Å². The molecule has 0 aromatic rings. The highest BCUT2D eigenvalue weighted by molar-refractivity contribution is 4.86. The van der Waals surface area contributed by atoms with Crippen LogP contribution in [0.15, 0.2) is 0 Å². The van der Waals surface area contributed by atoms with Gasteiger partial charge in [0.25, 0.3) is 0 Å². The zero-order valence-electron chi connectivity index (χ0n) is 13.1. The quantitative estimate of drug-likeness (QED) is 0.757. The Kier molecular flexibility index (Phi) is 6.61. The number of ether oxygens (including phenoxy) is 1. The van der Waals surface area contributed by atoms with Gasteiger partial charge in [0.2, 0.25) is 0 Å². The summed E-state index contributed by atoms with van der Waals surface area (Å²) in [5.41, 5.74) is 0. The summed E-state index contributed by atoms with van der Waals surface area (Å²) in [4.78, 5) is 2.54. The summed E-state index contributed by atoms with van der Waals surface area (Å²) in [5.74, 6) is 1.39. The zero-order valence-corrected chi connectivity index (χ0v) is 13.1. The molecule has 0 saturated carbocycles. The molecule has 0 amide bonds. The predicted octanol–water partition coefficient (Wildman–Crippen LogP) is 2.37. The summed E-state index contributed by atoms with van der Waals surface area (Å²) in [6.07, 6.45) is 1.55. The molecule has 1 aliphatic rings. The Hall–Kier alpha value is -0.120. The van der Waals surface area contributed by atoms with Gasteiger partial charge in [-0.1, -0.05) is 27.7 Å². The van der Waals surface area contributed by atoms with Gasteiger partial charge >= 0.3 is 0 Å². The average Bonchev–Trinajstić information content (AvgIpc) is 2.69. The highest BCUT2D eigenvalue weighted by atomic mass is 16.5. The van der Waals surface area contributed by atoms with Crippen LogP contribution in [0.1, 0.15) is 41.0 Å². The topological polar surface area (TPSA) is 24.5 Å². The van der Waals surface area contributed by atoms with E-state index in [2.05, 4.69) is 51.9 Å². The predicted molar refractivity (Wildman–Crippen MR) is 77.9 cm³/mol. The van der Waals surface area contributed by atoms with Crippen molar-refractivity contribution in [1.82, 2.24) is 10.2 Å². The molecule has 1 rings (SSSR count). The Balaban J connectivity index is 2.49. The van der Waals surface area contributed by atoms with E-state index < -0.39 is 0 Å². The normalized spacial score (nSPS) is 26.5. The fraction of sp³-hybridized carbons (Fsp3) is 1.00. The van der Waals surface area contributed by atoms with Gasteiger partial charge in [-0.05, 0) is 38.8 Å². The van der Waals surface area contributed by atoms with E-state index in [9.17, 15) is 0 Å². The van der Waals surface area contributed by atoms with Crippen molar-refractivity contribution < 1.29 is 4.74 Å². The van der Waals surface area contributed by atoms with Crippen LogP contribution in [0, 0.1) is 11.8 Å². The lowest BCUT2D eigenvalue weighted by molar-refractivity contribution is 0.0564. The molecule has 1 saturated heterocycles. The summed E-state index contributed by atoms with van der Waals surface area (Å²) >= 11 is 0. The molecule has 1 fully saturated rings. The molecule has 3 heteroatoms. The van der Waals surface area contributed by atoms with E-state index in [1.807, 2.05) is 0 Å². The van der Waals surface area contributed by atoms with E-state index in [1.165, 1.54) is 6.42 Å². The molecule has 0 aliphatic carbocycles. The number of nitrogens with one attached hydrogen (secondary N) is 1. The fourth-order valence-corrected chi connectivity index (χ4v) is 2.87. The monoisotopic (exact) mass is 256 g/mol. The first-order valence-electron chi connectivity index (χ1n) is 7.47. The number of hydrogen-bond donors (Lipinski definition) is 1. The standard InChI is InChI=1S/C15H32N2O/c1-11(2)9-16-10-15(12(3)4)17(6)14-7-8-18-13(14)5/h11-16H,7-10H2,1-6H3. The van der Waals surface area contributed by atoms with Crippen LogP contribution in [-0.2, 0) is 4.74 Å². The third-order valence-electron chi connectivity index (χ3n) is 4.06. The Labute approximate surface area is 113 Å². The van der Waals surface area contributed by atoms with Gasteiger partial charge in [0.1, 0.15) is 0 Å². The van der Waals surface area contributed by atoms with Crippen LogP contribution in [0.4, 0.5) is 0 Å². The van der Waals surface area contributed by atoms with Gasteiger partial charge in [-0.3, -0.25) is 4.90 Å². The summed E-state index contributed by atoms with van der Waals surface area (Å²) in [5, 5.41) is 3.60. The van der Waals surface area contributed by atoms with Crippen LogP contribution < -0.4 is 5.32 Å². The Bertz CT molecular complexity index is 231. The van der Waals surface area contributed by atoms with E-state index in [0.717, 1.165) is 25.6 Å². The van der Waals surface area contributed by atoms with Crippen molar-refractivity contribution in [3.8, 4) is 0 Å². The maximum absolute atomic E-state index is 5.70. The van der Waals surface area contributed by atoms with Crippen molar-refractivity contribution in [2.45, 2.75) is 59.2 Å². The maximum Gasteiger partial charge on any atom is 0.0703 e. The maximum atomic E-state index is 5.70. The second-order valence-electron chi connectivity index (χ2n) is 6.46. The van der Waals surface area contributed by atoms with Gasteiger partial charge < -0.3 is 10.1 Å². The Morgan fingerprint density at radius 1 is 1.22 bits per heavy atom. The van der Waals surface area contributed by atoms with E-state index in [1.54, 1.807) is 0 Å². The molecule has 3 nitrogen and oxygen atoms in total. The van der Waals surface area contributed by atoms with Crippen LogP contribution in [0.2, 0.25) is 0 Å². The van der Waals surface area contributed by atoms with Crippen molar-refractivity contribution in [3.05, 3.63) is 0 Å². The molecule has 0 aromatic heterocycles. The highest BCUT2D eigenvalue weighted by Crippen LogP contribution is 2.22. The van der Waals surface area contributed by atoms with Gasteiger partial charge in [0, 0.05) is 25.2 Å². The van der Waals surface area contributed by atoms with E-state index in [0.29, 0.717) is 24.1 Å². The minimum atomic E-state index is 0.376. The summed E-state index contributed by atoms with van der Waals surface area (Å²) in [7, 11) is 2.26. The van der Waals surface area contributed by atoms with Gasteiger partial charge in [0.05, 0.1) is 6.10 Å². The van der Waals surface area contributed by atoms with Gasteiger partial charge in [0.15, 0.2) is 0 Å². The van der Waals surface area contributed by atoms with Crippen molar-refractivity contribution in [2.24, 2.45) is 11.8 Å². The molecule has 18 heavy (non-hydrogen) atoms. The van der Waals surface area contributed by atoms with Crippen molar-refractivity contribution in [3.63, 3.8) is 0 Å². The molecule has 1 heterocycles. The van der Waals surface area contributed by atoms with E-state index in [4.69, 9.17) is 4.74 Å². The molecule has 3 unspecified atom stereocenters. The molecule has 0 radical (unpaired) electrons. The third kappa shape index (κ3) is 4.52. The lowest BCUT2D eigenvalue weighted by atomic mass is 9.99. The fourth-order valence-electron chi connectivity index (χ4n) is 2.87. The molecule has 108 valence electrons. The molecule has 1 aliphatic heterocycles.